The lowest BCUT2D eigenvalue weighted by Crippen LogP contribution is -2.62. The van der Waals surface area contributed by atoms with Gasteiger partial charge < -0.3 is 5.32 Å². The van der Waals surface area contributed by atoms with Crippen LogP contribution in [-0.2, 0) is 0 Å². The second kappa shape index (κ2) is 5.68. The summed E-state index contributed by atoms with van der Waals surface area (Å²) >= 11 is 1.77. The average molecular weight is 267 g/mol. The smallest absolute Gasteiger partial charge is 0.109 e. The van der Waals surface area contributed by atoms with Gasteiger partial charge in [0.1, 0.15) is 5.01 Å². The summed E-state index contributed by atoms with van der Waals surface area (Å²) in [5.41, 5.74) is 0.247. The van der Waals surface area contributed by atoms with Crippen molar-refractivity contribution in [3.8, 4) is 0 Å². The van der Waals surface area contributed by atoms with Gasteiger partial charge in [-0.15, -0.1) is 11.3 Å². The lowest BCUT2D eigenvalue weighted by atomic mass is 9.91. The minimum Gasteiger partial charge on any atom is -0.309 e. The first-order valence-corrected chi connectivity index (χ1v) is 7.87. The maximum absolute atomic E-state index is 4.49. The zero-order chi connectivity index (χ0) is 13.2. The van der Waals surface area contributed by atoms with Gasteiger partial charge in [0.2, 0.25) is 0 Å². The van der Waals surface area contributed by atoms with Gasteiger partial charge in [0.25, 0.3) is 0 Å². The highest BCUT2D eigenvalue weighted by Gasteiger charge is 2.36. The van der Waals surface area contributed by atoms with Crippen LogP contribution in [0.15, 0.2) is 11.6 Å². The molecule has 3 atom stereocenters. The third kappa shape index (κ3) is 2.76. The molecule has 2 rings (SSSR count). The summed E-state index contributed by atoms with van der Waals surface area (Å²) in [5, 5.41) is 7.04. The fourth-order valence-electron chi connectivity index (χ4n) is 2.72. The van der Waals surface area contributed by atoms with Crippen molar-refractivity contribution in [3.63, 3.8) is 0 Å². The molecule has 1 aromatic heterocycles. The Morgan fingerprint density at radius 2 is 2.39 bits per heavy atom. The molecule has 4 heteroatoms. The minimum atomic E-state index is 0.247. The van der Waals surface area contributed by atoms with Crippen molar-refractivity contribution < 1.29 is 0 Å². The van der Waals surface area contributed by atoms with Crippen molar-refractivity contribution in [1.82, 2.24) is 15.2 Å². The van der Waals surface area contributed by atoms with Crippen LogP contribution in [0.4, 0.5) is 0 Å². The molecule has 1 aromatic rings. The van der Waals surface area contributed by atoms with Crippen molar-refractivity contribution in [2.45, 2.75) is 58.2 Å². The third-order valence-electron chi connectivity index (χ3n) is 4.32. The molecule has 3 unspecified atom stereocenters. The topological polar surface area (TPSA) is 28.2 Å². The number of nitrogens with one attached hydrogen (secondary N) is 1. The number of hydrogen-bond donors (Lipinski definition) is 1. The van der Waals surface area contributed by atoms with E-state index in [1.54, 1.807) is 11.3 Å². The van der Waals surface area contributed by atoms with E-state index >= 15 is 0 Å². The van der Waals surface area contributed by atoms with Crippen molar-refractivity contribution >= 4 is 11.3 Å². The number of piperazine rings is 1. The Balaban J connectivity index is 2.16. The average Bonchev–Trinajstić information content (AvgIpc) is 2.92. The second-order valence-electron chi connectivity index (χ2n) is 5.58. The van der Waals surface area contributed by atoms with Gasteiger partial charge in [-0.05, 0) is 26.7 Å². The second-order valence-corrected chi connectivity index (χ2v) is 6.50. The molecule has 0 aliphatic carbocycles. The van der Waals surface area contributed by atoms with Gasteiger partial charge in [-0.3, -0.25) is 4.90 Å². The first-order chi connectivity index (χ1) is 8.59. The fraction of sp³-hybridized carbons (Fsp3) is 0.786. The Morgan fingerprint density at radius 3 is 2.94 bits per heavy atom. The molecule has 1 aliphatic heterocycles. The maximum atomic E-state index is 4.49. The van der Waals surface area contributed by atoms with E-state index in [2.05, 4.69) is 48.3 Å². The van der Waals surface area contributed by atoms with Crippen LogP contribution >= 0.6 is 11.3 Å². The fourth-order valence-corrected chi connectivity index (χ4v) is 3.44. The van der Waals surface area contributed by atoms with Crippen LogP contribution in [0.5, 0.6) is 0 Å². The Kier molecular flexibility index (Phi) is 4.41. The number of rotatable bonds is 4. The van der Waals surface area contributed by atoms with Crippen LogP contribution in [-0.4, -0.2) is 34.6 Å². The van der Waals surface area contributed by atoms with Gasteiger partial charge in [-0.1, -0.05) is 13.8 Å². The van der Waals surface area contributed by atoms with Crippen LogP contribution in [0.3, 0.4) is 0 Å². The largest absolute Gasteiger partial charge is 0.309 e. The summed E-state index contributed by atoms with van der Waals surface area (Å²) in [4.78, 5) is 7.13. The summed E-state index contributed by atoms with van der Waals surface area (Å²) < 4.78 is 0. The van der Waals surface area contributed by atoms with E-state index in [1.807, 2.05) is 6.20 Å². The molecule has 18 heavy (non-hydrogen) atoms. The van der Waals surface area contributed by atoms with Gasteiger partial charge >= 0.3 is 0 Å². The van der Waals surface area contributed by atoms with Crippen LogP contribution in [0, 0.1) is 0 Å². The quantitative estimate of drug-likeness (QED) is 0.909. The highest BCUT2D eigenvalue weighted by Crippen LogP contribution is 2.30. The molecule has 1 saturated heterocycles. The zero-order valence-corrected chi connectivity index (χ0v) is 12.8. The SMILES string of the molecule is CCC1CNC(C)(CC)CN1C(C)c1nccs1. The van der Waals surface area contributed by atoms with Gasteiger partial charge in [-0.25, -0.2) is 4.98 Å². The van der Waals surface area contributed by atoms with Crippen molar-refractivity contribution in [1.29, 1.82) is 0 Å². The molecule has 2 heterocycles. The summed E-state index contributed by atoms with van der Waals surface area (Å²) in [6.07, 6.45) is 4.28. The zero-order valence-electron chi connectivity index (χ0n) is 11.9. The third-order valence-corrected chi connectivity index (χ3v) is 5.27. The summed E-state index contributed by atoms with van der Waals surface area (Å²) in [7, 11) is 0. The molecule has 1 aliphatic rings. The molecule has 0 spiro atoms. The molecule has 0 bridgehead atoms. The van der Waals surface area contributed by atoms with Gasteiger partial charge in [0.05, 0.1) is 6.04 Å². The molecular weight excluding hydrogens is 242 g/mol. The number of aromatic nitrogens is 1. The molecule has 0 radical (unpaired) electrons. The van der Waals surface area contributed by atoms with Crippen LogP contribution in [0.25, 0.3) is 0 Å². The Bertz CT molecular complexity index is 365. The lowest BCUT2D eigenvalue weighted by Gasteiger charge is -2.48. The number of hydrogen-bond acceptors (Lipinski definition) is 4. The van der Waals surface area contributed by atoms with E-state index in [4.69, 9.17) is 0 Å². The van der Waals surface area contributed by atoms with Crippen molar-refractivity contribution in [3.05, 3.63) is 16.6 Å². The van der Waals surface area contributed by atoms with Crippen molar-refractivity contribution in [2.75, 3.05) is 13.1 Å². The maximum Gasteiger partial charge on any atom is 0.109 e. The summed E-state index contributed by atoms with van der Waals surface area (Å²) in [6.45, 7) is 11.4. The number of nitrogens with zero attached hydrogens (tertiary/aromatic N) is 2. The van der Waals surface area contributed by atoms with Gasteiger partial charge in [0.15, 0.2) is 0 Å². The standard InChI is InChI=1S/C14H25N3S/c1-5-12-9-16-14(4,6-2)10-17(12)11(3)13-15-7-8-18-13/h7-8,11-12,16H,5-6,9-10H2,1-4H3. The Hall–Kier alpha value is -0.450. The van der Waals surface area contributed by atoms with Crippen LogP contribution in [0.1, 0.15) is 51.6 Å². The van der Waals surface area contributed by atoms with E-state index in [0.717, 1.165) is 13.1 Å². The minimum absolute atomic E-state index is 0.247. The molecule has 1 N–H and O–H groups in total. The first-order valence-electron chi connectivity index (χ1n) is 6.99. The highest BCUT2D eigenvalue weighted by atomic mass is 32.1. The van der Waals surface area contributed by atoms with E-state index in [9.17, 15) is 0 Å². The summed E-state index contributed by atoms with van der Waals surface area (Å²) in [6, 6.07) is 1.06. The van der Waals surface area contributed by atoms with Crippen LogP contribution in [0.2, 0.25) is 0 Å². The molecular formula is C14H25N3S. The highest BCUT2D eigenvalue weighted by molar-refractivity contribution is 7.09. The van der Waals surface area contributed by atoms with E-state index in [0.29, 0.717) is 12.1 Å². The molecule has 1 fully saturated rings. The van der Waals surface area contributed by atoms with E-state index in [-0.39, 0.29) is 5.54 Å². The Morgan fingerprint density at radius 1 is 1.61 bits per heavy atom. The molecule has 0 aromatic carbocycles. The molecule has 102 valence electrons. The number of thiazole rings is 1. The van der Waals surface area contributed by atoms with Gasteiger partial charge in [-0.2, -0.15) is 0 Å². The molecule has 3 nitrogen and oxygen atoms in total. The predicted octanol–water partition coefficient (Wildman–Crippen LogP) is 3.06. The summed E-state index contributed by atoms with van der Waals surface area (Å²) in [5.74, 6) is 0. The first kappa shape index (κ1) is 14.0. The monoisotopic (exact) mass is 267 g/mol. The molecule has 0 saturated carbocycles. The Labute approximate surface area is 115 Å². The van der Waals surface area contributed by atoms with E-state index < -0.39 is 0 Å². The predicted molar refractivity (Wildman–Crippen MR) is 78.0 cm³/mol. The van der Waals surface area contributed by atoms with Crippen molar-refractivity contribution in [2.24, 2.45) is 0 Å². The van der Waals surface area contributed by atoms with Crippen LogP contribution < -0.4 is 5.32 Å². The van der Waals surface area contributed by atoms with E-state index in [1.165, 1.54) is 17.8 Å². The lowest BCUT2D eigenvalue weighted by molar-refractivity contribution is 0.0493. The molecule has 0 amide bonds. The van der Waals surface area contributed by atoms with Gasteiger partial charge in [0, 0.05) is 36.2 Å². The normalized spacial score (nSPS) is 31.4.